The molecule has 0 spiro atoms. The molecule has 2 atom stereocenters. The van der Waals surface area contributed by atoms with Gasteiger partial charge in [-0.05, 0) is 30.5 Å². The molecule has 0 radical (unpaired) electrons. The Morgan fingerprint density at radius 1 is 1.32 bits per heavy atom. The third-order valence-corrected chi connectivity index (χ3v) is 5.33. The van der Waals surface area contributed by atoms with Crippen LogP contribution in [0, 0.1) is 11.7 Å². The minimum atomic E-state index is -1.15. The van der Waals surface area contributed by atoms with Gasteiger partial charge in [0, 0.05) is 12.5 Å². The molecule has 2 unspecified atom stereocenters. The van der Waals surface area contributed by atoms with Crippen molar-refractivity contribution >= 4 is 35.1 Å². The Kier molecular flexibility index (Phi) is 3.61. The Balaban J connectivity index is 1.88. The van der Waals surface area contributed by atoms with Crippen molar-refractivity contribution in [1.29, 1.82) is 0 Å². The molecular weight excluding hydrogens is 330 g/mol. The zero-order chi connectivity index (χ0) is 16.1. The van der Waals surface area contributed by atoms with Crippen LogP contribution in [0.1, 0.15) is 25.3 Å². The Morgan fingerprint density at radius 2 is 1.91 bits per heavy atom. The fourth-order valence-corrected chi connectivity index (χ4v) is 3.36. The lowest BCUT2D eigenvalue weighted by Crippen LogP contribution is -2.43. The topological polar surface area (TPSA) is 49.4 Å². The Bertz CT molecular complexity index is 635. The third kappa shape index (κ3) is 2.36. The van der Waals surface area contributed by atoms with Crippen molar-refractivity contribution < 1.29 is 14.0 Å². The quantitative estimate of drug-likeness (QED) is 0.673. The second kappa shape index (κ2) is 5.10. The number of carbonyl (C=O) groups excluding carboxylic acids is 2. The first-order chi connectivity index (χ1) is 10.3. The molecule has 1 heterocycles. The van der Waals surface area contributed by atoms with Gasteiger partial charge in [-0.25, -0.2) is 9.18 Å². The van der Waals surface area contributed by atoms with Crippen LogP contribution in [0.3, 0.4) is 0 Å². The van der Waals surface area contributed by atoms with E-state index in [1.807, 2.05) is 0 Å². The highest BCUT2D eigenvalue weighted by molar-refractivity contribution is 6.50. The summed E-state index contributed by atoms with van der Waals surface area (Å²) < 4.78 is 12.3. The van der Waals surface area contributed by atoms with E-state index in [9.17, 15) is 14.0 Å². The van der Waals surface area contributed by atoms with Crippen molar-refractivity contribution in [3.8, 4) is 0 Å². The molecule has 1 aliphatic carbocycles. The first-order valence-corrected chi connectivity index (χ1v) is 7.84. The smallest absolute Gasteiger partial charge is 0.319 e. The lowest BCUT2D eigenvalue weighted by molar-refractivity contribution is -0.132. The highest BCUT2D eigenvalue weighted by Crippen LogP contribution is 2.53. The number of amides is 3. The van der Waals surface area contributed by atoms with Crippen LogP contribution in [0.2, 0.25) is 0 Å². The van der Waals surface area contributed by atoms with Gasteiger partial charge in [0.2, 0.25) is 0 Å². The molecule has 1 aromatic carbocycles. The lowest BCUT2D eigenvalue weighted by atomic mass is 9.87. The van der Waals surface area contributed by atoms with E-state index in [2.05, 4.69) is 5.32 Å². The molecule has 0 aromatic heterocycles. The Hall–Kier alpha value is -1.33. The molecule has 3 rings (SSSR count). The maximum absolute atomic E-state index is 13.1. The van der Waals surface area contributed by atoms with Crippen LogP contribution in [0.25, 0.3) is 0 Å². The number of nitrogens with zero attached hydrogens (tertiary/aromatic N) is 1. The summed E-state index contributed by atoms with van der Waals surface area (Å²) in [6.07, 6.45) is 0.931. The zero-order valence-electron chi connectivity index (χ0n) is 11.9. The summed E-state index contributed by atoms with van der Waals surface area (Å²) in [5.41, 5.74) is -0.586. The van der Waals surface area contributed by atoms with Gasteiger partial charge in [0.05, 0.1) is 0 Å². The number of rotatable bonds is 4. The predicted octanol–water partition coefficient (Wildman–Crippen LogP) is 3.18. The minimum Gasteiger partial charge on any atom is -0.319 e. The fourth-order valence-electron chi connectivity index (χ4n) is 2.85. The Labute approximate surface area is 137 Å². The number of alkyl halides is 2. The number of urea groups is 1. The van der Waals surface area contributed by atoms with Crippen molar-refractivity contribution in [2.45, 2.75) is 29.6 Å². The third-order valence-electron chi connectivity index (χ3n) is 4.40. The van der Waals surface area contributed by atoms with E-state index in [1.54, 1.807) is 6.92 Å². The molecule has 1 aliphatic heterocycles. The summed E-state index contributed by atoms with van der Waals surface area (Å²) in [6, 6.07) is 5.12. The zero-order valence-corrected chi connectivity index (χ0v) is 13.4. The number of hydrogen-bond acceptors (Lipinski definition) is 2. The summed E-state index contributed by atoms with van der Waals surface area (Å²) in [5, 5.41) is 2.74. The van der Waals surface area contributed by atoms with Gasteiger partial charge in [0.25, 0.3) is 5.91 Å². The van der Waals surface area contributed by atoms with Gasteiger partial charge in [-0.3, -0.25) is 9.69 Å². The van der Waals surface area contributed by atoms with Crippen molar-refractivity contribution in [3.05, 3.63) is 35.6 Å². The van der Waals surface area contributed by atoms with Crippen LogP contribution < -0.4 is 5.32 Å². The molecule has 2 aliphatic rings. The fraction of sp³-hybridized carbons (Fsp3) is 0.467. The predicted molar refractivity (Wildman–Crippen MR) is 81.2 cm³/mol. The summed E-state index contributed by atoms with van der Waals surface area (Å²) in [4.78, 5) is 26.2. The van der Waals surface area contributed by atoms with Gasteiger partial charge in [0.1, 0.15) is 15.7 Å². The highest BCUT2D eigenvalue weighted by atomic mass is 35.5. The first kappa shape index (κ1) is 15.6. The van der Waals surface area contributed by atoms with Gasteiger partial charge >= 0.3 is 6.03 Å². The lowest BCUT2D eigenvalue weighted by Gasteiger charge is -2.25. The monoisotopic (exact) mass is 344 g/mol. The average Bonchev–Trinajstić information content (AvgIpc) is 3.00. The van der Waals surface area contributed by atoms with Gasteiger partial charge in [-0.2, -0.15) is 0 Å². The van der Waals surface area contributed by atoms with Crippen LogP contribution >= 0.6 is 23.2 Å². The molecule has 7 heteroatoms. The van der Waals surface area contributed by atoms with E-state index in [4.69, 9.17) is 23.2 Å². The molecule has 0 bridgehead atoms. The van der Waals surface area contributed by atoms with Crippen molar-refractivity contribution in [2.75, 3.05) is 6.54 Å². The summed E-state index contributed by atoms with van der Waals surface area (Å²) in [5.74, 6) is -0.843. The number of imide groups is 1. The van der Waals surface area contributed by atoms with Crippen LogP contribution in [-0.2, 0) is 10.3 Å². The molecule has 3 amide bonds. The number of halogens is 3. The maximum atomic E-state index is 13.1. The Morgan fingerprint density at radius 3 is 2.41 bits per heavy atom. The van der Waals surface area contributed by atoms with E-state index in [0.29, 0.717) is 18.4 Å². The summed E-state index contributed by atoms with van der Waals surface area (Å²) in [7, 11) is 0. The van der Waals surface area contributed by atoms with Gasteiger partial charge in [0.15, 0.2) is 0 Å². The van der Waals surface area contributed by atoms with E-state index < -0.39 is 21.7 Å². The van der Waals surface area contributed by atoms with Crippen molar-refractivity contribution in [2.24, 2.45) is 5.92 Å². The van der Waals surface area contributed by atoms with Crippen LogP contribution in [0.15, 0.2) is 24.3 Å². The molecule has 1 N–H and O–H groups in total. The van der Waals surface area contributed by atoms with Gasteiger partial charge < -0.3 is 5.32 Å². The molecule has 118 valence electrons. The highest BCUT2D eigenvalue weighted by Gasteiger charge is 2.57. The van der Waals surface area contributed by atoms with E-state index >= 15 is 0 Å². The number of nitrogens with one attached hydrogen (secondary N) is 1. The molecule has 2 fully saturated rings. The molecule has 1 aromatic rings. The van der Waals surface area contributed by atoms with E-state index in [1.165, 1.54) is 24.3 Å². The van der Waals surface area contributed by atoms with Crippen LogP contribution in [0.4, 0.5) is 9.18 Å². The molecular formula is C15H15Cl2FN2O2. The van der Waals surface area contributed by atoms with Crippen molar-refractivity contribution in [3.63, 3.8) is 0 Å². The van der Waals surface area contributed by atoms with Crippen molar-refractivity contribution in [1.82, 2.24) is 10.2 Å². The minimum absolute atomic E-state index is 0.105. The largest absolute Gasteiger partial charge is 0.325 e. The number of benzene rings is 1. The second-order valence-electron chi connectivity index (χ2n) is 5.77. The first-order valence-electron chi connectivity index (χ1n) is 7.08. The van der Waals surface area contributed by atoms with Gasteiger partial charge in [-0.15, -0.1) is 23.2 Å². The molecule has 22 heavy (non-hydrogen) atoms. The summed E-state index contributed by atoms with van der Waals surface area (Å²) >= 11 is 11.9. The SMILES string of the molecule is CCC1(c2ccc(F)cc2)NC(=O)N(CC2CC2(Cl)Cl)C1=O. The molecule has 1 saturated heterocycles. The van der Waals surface area contributed by atoms with E-state index in [-0.39, 0.29) is 18.4 Å². The standard InChI is InChI=1S/C15H15Cl2FN2O2/c1-2-14(9-3-5-11(18)6-4-9)12(21)20(13(22)19-14)8-10-7-15(10,16)17/h3-6,10H,2,7-8H2,1H3,(H,19,22). The normalized spacial score (nSPS) is 29.6. The average molecular weight is 345 g/mol. The second-order valence-corrected chi connectivity index (χ2v) is 7.32. The van der Waals surface area contributed by atoms with Crippen LogP contribution in [0.5, 0.6) is 0 Å². The number of carbonyl (C=O) groups is 2. The van der Waals surface area contributed by atoms with E-state index in [0.717, 1.165) is 4.90 Å². The molecule has 1 saturated carbocycles. The number of hydrogen-bond donors (Lipinski definition) is 1. The maximum Gasteiger partial charge on any atom is 0.325 e. The van der Waals surface area contributed by atoms with Crippen LogP contribution in [-0.4, -0.2) is 27.7 Å². The molecule has 4 nitrogen and oxygen atoms in total. The summed E-state index contributed by atoms with van der Waals surface area (Å²) in [6.45, 7) is 2.00. The van der Waals surface area contributed by atoms with Gasteiger partial charge in [-0.1, -0.05) is 19.1 Å².